The highest BCUT2D eigenvalue weighted by Crippen LogP contribution is 2.38. The Kier molecular flexibility index (Phi) is 5.86. The maximum Gasteiger partial charge on any atom is 0.282 e. The van der Waals surface area contributed by atoms with Crippen LogP contribution in [0.15, 0.2) is 48.2 Å². The Hall–Kier alpha value is -3.08. The van der Waals surface area contributed by atoms with Crippen molar-refractivity contribution in [2.24, 2.45) is 5.92 Å². The van der Waals surface area contributed by atoms with Gasteiger partial charge in [-0.2, -0.15) is 0 Å². The van der Waals surface area contributed by atoms with Crippen LogP contribution in [0.25, 0.3) is 5.57 Å². The Labute approximate surface area is 184 Å². The van der Waals surface area contributed by atoms with E-state index in [4.69, 9.17) is 4.74 Å². The van der Waals surface area contributed by atoms with Crippen molar-refractivity contribution in [3.63, 3.8) is 0 Å². The second-order valence-corrected chi connectivity index (χ2v) is 8.59. The molecule has 2 aliphatic heterocycles. The minimum Gasteiger partial charge on any atom is -0.494 e. The largest absolute Gasteiger partial charge is 0.494 e. The summed E-state index contributed by atoms with van der Waals surface area (Å²) in [6.07, 6.45) is 2.04. The quantitative estimate of drug-likeness (QED) is 0.660. The minimum atomic E-state index is -0.265. The lowest BCUT2D eigenvalue weighted by atomic mass is 9.95. The van der Waals surface area contributed by atoms with Gasteiger partial charge in [0, 0.05) is 19.2 Å². The highest BCUT2D eigenvalue weighted by Gasteiger charge is 2.43. The minimum absolute atomic E-state index is 0.247. The van der Waals surface area contributed by atoms with E-state index >= 15 is 0 Å². The molecule has 4 rings (SSSR count). The van der Waals surface area contributed by atoms with Gasteiger partial charge in [-0.05, 0) is 62.8 Å². The van der Waals surface area contributed by atoms with E-state index in [0.29, 0.717) is 35.2 Å². The molecule has 0 unspecified atom stereocenters. The third-order valence-electron chi connectivity index (χ3n) is 6.20. The van der Waals surface area contributed by atoms with Crippen LogP contribution in [-0.2, 0) is 9.59 Å². The summed E-state index contributed by atoms with van der Waals surface area (Å²) in [5.74, 6) is 0.768. The van der Waals surface area contributed by atoms with Crippen LogP contribution in [0.2, 0.25) is 0 Å². The van der Waals surface area contributed by atoms with Crippen molar-refractivity contribution in [2.75, 3.05) is 24.6 Å². The van der Waals surface area contributed by atoms with Crippen LogP contribution in [0, 0.1) is 19.8 Å². The number of likely N-dealkylation sites (tertiary alicyclic amines) is 1. The van der Waals surface area contributed by atoms with E-state index in [-0.39, 0.29) is 11.8 Å². The topological polar surface area (TPSA) is 49.9 Å². The third-order valence-corrected chi connectivity index (χ3v) is 6.20. The molecule has 5 heteroatoms. The molecule has 2 aliphatic rings. The first-order chi connectivity index (χ1) is 14.9. The number of piperidine rings is 1. The van der Waals surface area contributed by atoms with E-state index in [1.165, 1.54) is 4.90 Å². The van der Waals surface area contributed by atoms with E-state index in [1.807, 2.05) is 45.0 Å². The number of carbonyl (C=O) groups is 2. The number of anilines is 1. The molecule has 2 aromatic carbocycles. The van der Waals surface area contributed by atoms with Crippen molar-refractivity contribution in [2.45, 2.75) is 40.5 Å². The summed E-state index contributed by atoms with van der Waals surface area (Å²) >= 11 is 0. The molecule has 2 aromatic rings. The number of aryl methyl sites for hydroxylation is 2. The van der Waals surface area contributed by atoms with Crippen LogP contribution in [0.3, 0.4) is 0 Å². The second kappa shape index (κ2) is 8.58. The van der Waals surface area contributed by atoms with Crippen LogP contribution in [0.4, 0.5) is 5.69 Å². The van der Waals surface area contributed by atoms with Gasteiger partial charge < -0.3 is 9.64 Å². The zero-order valence-corrected chi connectivity index (χ0v) is 18.8. The van der Waals surface area contributed by atoms with Crippen LogP contribution in [0.1, 0.15) is 43.4 Å². The highest BCUT2D eigenvalue weighted by atomic mass is 16.5. The van der Waals surface area contributed by atoms with E-state index in [9.17, 15) is 9.59 Å². The molecule has 0 saturated carbocycles. The molecule has 5 nitrogen and oxygen atoms in total. The van der Waals surface area contributed by atoms with Crippen LogP contribution < -0.4 is 9.64 Å². The SMILES string of the molecule is CCOc1cccc(N2C(=O)C(c3ccc(C)cc3C)=C(N3CCC(C)CC3)C2=O)c1. The van der Waals surface area contributed by atoms with Gasteiger partial charge in [-0.25, -0.2) is 4.90 Å². The Morgan fingerprint density at radius 2 is 1.74 bits per heavy atom. The normalized spacial score (nSPS) is 17.7. The molecule has 0 aromatic heterocycles. The first-order valence-electron chi connectivity index (χ1n) is 11.1. The molecule has 1 fully saturated rings. The van der Waals surface area contributed by atoms with Gasteiger partial charge in [-0.3, -0.25) is 9.59 Å². The molecule has 0 atom stereocenters. The molecule has 0 radical (unpaired) electrons. The standard InChI is InChI=1S/C26H30N2O3/c1-5-31-21-8-6-7-20(16-21)28-25(29)23(22-10-9-18(3)15-19(22)4)24(26(28)30)27-13-11-17(2)12-14-27/h6-10,15-17H,5,11-14H2,1-4H3. The third kappa shape index (κ3) is 3.97. The maximum absolute atomic E-state index is 13.7. The number of hydrogen-bond acceptors (Lipinski definition) is 4. The summed E-state index contributed by atoms with van der Waals surface area (Å²) in [7, 11) is 0. The first-order valence-corrected chi connectivity index (χ1v) is 11.1. The predicted molar refractivity (Wildman–Crippen MR) is 123 cm³/mol. The van der Waals surface area contributed by atoms with E-state index in [2.05, 4.69) is 17.9 Å². The molecule has 0 N–H and O–H groups in total. The van der Waals surface area contributed by atoms with Crippen molar-refractivity contribution in [1.82, 2.24) is 4.90 Å². The number of imide groups is 1. The van der Waals surface area contributed by atoms with Crippen molar-refractivity contribution in [3.8, 4) is 5.75 Å². The second-order valence-electron chi connectivity index (χ2n) is 8.59. The molecule has 2 amide bonds. The van der Waals surface area contributed by atoms with E-state index < -0.39 is 0 Å². The molecule has 162 valence electrons. The van der Waals surface area contributed by atoms with Gasteiger partial charge in [0.25, 0.3) is 11.8 Å². The molecule has 31 heavy (non-hydrogen) atoms. The number of amides is 2. The smallest absolute Gasteiger partial charge is 0.282 e. The average molecular weight is 419 g/mol. The Balaban J connectivity index is 1.81. The summed E-state index contributed by atoms with van der Waals surface area (Å²) in [6.45, 7) is 10.3. The summed E-state index contributed by atoms with van der Waals surface area (Å²) in [5, 5.41) is 0. The predicted octanol–water partition coefficient (Wildman–Crippen LogP) is 4.72. The number of hydrogen-bond donors (Lipinski definition) is 0. The summed E-state index contributed by atoms with van der Waals surface area (Å²) in [6, 6.07) is 13.2. The summed E-state index contributed by atoms with van der Waals surface area (Å²) < 4.78 is 5.60. The van der Waals surface area contributed by atoms with Gasteiger partial charge in [0.1, 0.15) is 11.4 Å². The number of nitrogens with zero attached hydrogens (tertiary/aromatic N) is 2. The van der Waals surface area contributed by atoms with Crippen molar-refractivity contribution in [1.29, 1.82) is 0 Å². The van der Waals surface area contributed by atoms with Crippen molar-refractivity contribution >= 4 is 23.1 Å². The summed E-state index contributed by atoms with van der Waals surface area (Å²) in [4.78, 5) is 30.8. The lowest BCUT2D eigenvalue weighted by Gasteiger charge is -2.32. The highest BCUT2D eigenvalue weighted by molar-refractivity contribution is 6.45. The monoisotopic (exact) mass is 418 g/mol. The average Bonchev–Trinajstić information content (AvgIpc) is 2.99. The van der Waals surface area contributed by atoms with Gasteiger partial charge >= 0.3 is 0 Å². The summed E-state index contributed by atoms with van der Waals surface area (Å²) in [5.41, 5.74) is 4.56. The fraction of sp³-hybridized carbons (Fsp3) is 0.385. The van der Waals surface area contributed by atoms with Gasteiger partial charge in [0.05, 0.1) is 17.9 Å². The zero-order valence-electron chi connectivity index (χ0n) is 18.8. The van der Waals surface area contributed by atoms with Gasteiger partial charge in [-0.1, -0.05) is 36.8 Å². The fourth-order valence-corrected chi connectivity index (χ4v) is 4.49. The Morgan fingerprint density at radius 3 is 2.42 bits per heavy atom. The number of benzene rings is 2. The molecular formula is C26H30N2O3. The number of carbonyl (C=O) groups excluding carboxylic acids is 2. The van der Waals surface area contributed by atoms with E-state index in [0.717, 1.165) is 42.6 Å². The van der Waals surface area contributed by atoms with Crippen molar-refractivity contribution in [3.05, 3.63) is 64.9 Å². The zero-order chi connectivity index (χ0) is 22.1. The lowest BCUT2D eigenvalue weighted by molar-refractivity contribution is -0.120. The molecule has 0 spiro atoms. The number of rotatable bonds is 5. The number of ether oxygens (including phenoxy) is 1. The first kappa shape index (κ1) is 21.2. The molecular weight excluding hydrogens is 388 g/mol. The van der Waals surface area contributed by atoms with Gasteiger partial charge in [-0.15, -0.1) is 0 Å². The molecule has 0 bridgehead atoms. The Morgan fingerprint density at radius 1 is 1.00 bits per heavy atom. The van der Waals surface area contributed by atoms with E-state index in [1.54, 1.807) is 12.1 Å². The fourth-order valence-electron chi connectivity index (χ4n) is 4.49. The Bertz CT molecular complexity index is 1050. The van der Waals surface area contributed by atoms with Crippen LogP contribution in [-0.4, -0.2) is 36.4 Å². The lowest BCUT2D eigenvalue weighted by Crippen LogP contribution is -2.38. The van der Waals surface area contributed by atoms with Gasteiger partial charge in [0.2, 0.25) is 0 Å². The maximum atomic E-state index is 13.7. The van der Waals surface area contributed by atoms with Gasteiger partial charge in [0.15, 0.2) is 0 Å². The van der Waals surface area contributed by atoms with Crippen LogP contribution in [0.5, 0.6) is 5.75 Å². The van der Waals surface area contributed by atoms with Crippen molar-refractivity contribution < 1.29 is 14.3 Å². The molecule has 0 aliphatic carbocycles. The van der Waals surface area contributed by atoms with Crippen LogP contribution >= 0.6 is 0 Å². The molecule has 1 saturated heterocycles. The molecule has 2 heterocycles.